The van der Waals surface area contributed by atoms with Gasteiger partial charge in [0.2, 0.25) is 5.91 Å². The second-order valence-corrected chi connectivity index (χ2v) is 8.48. The molecule has 0 aliphatic carbocycles. The molecule has 180 valence electrons. The van der Waals surface area contributed by atoms with Gasteiger partial charge in [-0.1, -0.05) is 68.4 Å². The lowest BCUT2D eigenvalue weighted by molar-refractivity contribution is -0.134. The van der Waals surface area contributed by atoms with Crippen LogP contribution >= 0.6 is 0 Å². The molecule has 1 aromatic heterocycles. The van der Waals surface area contributed by atoms with Gasteiger partial charge in [-0.15, -0.1) is 0 Å². The van der Waals surface area contributed by atoms with Gasteiger partial charge in [0.1, 0.15) is 11.6 Å². The van der Waals surface area contributed by atoms with E-state index in [1.807, 2.05) is 91.5 Å². The van der Waals surface area contributed by atoms with E-state index in [1.165, 1.54) is 0 Å². The van der Waals surface area contributed by atoms with Crippen molar-refractivity contribution in [2.24, 2.45) is 0 Å². The lowest BCUT2D eigenvalue weighted by Gasteiger charge is -2.33. The predicted molar refractivity (Wildman–Crippen MR) is 139 cm³/mol. The molecule has 0 aliphatic heterocycles. The molecule has 3 aromatic carbocycles. The van der Waals surface area contributed by atoms with Crippen LogP contribution in [0.2, 0.25) is 0 Å². The Balaban J connectivity index is 1.97. The van der Waals surface area contributed by atoms with Crippen LogP contribution in [0.5, 0.6) is 5.75 Å². The normalized spacial score (nSPS) is 11.9. The van der Waals surface area contributed by atoms with Gasteiger partial charge in [0.25, 0.3) is 5.56 Å². The van der Waals surface area contributed by atoms with Gasteiger partial charge in [-0.25, -0.2) is 4.98 Å². The molecule has 35 heavy (non-hydrogen) atoms. The Labute approximate surface area is 205 Å². The van der Waals surface area contributed by atoms with Crippen LogP contribution in [0.15, 0.2) is 83.7 Å². The first kappa shape index (κ1) is 24.2. The van der Waals surface area contributed by atoms with Crippen molar-refractivity contribution in [2.45, 2.75) is 45.7 Å². The molecule has 0 fully saturated rings. The molecule has 0 saturated carbocycles. The molecular weight excluding hydrogens is 438 g/mol. The first-order valence-corrected chi connectivity index (χ1v) is 12.1. The highest BCUT2D eigenvalue weighted by molar-refractivity contribution is 5.79. The fraction of sp³-hybridized carbons (Fsp3) is 0.276. The van der Waals surface area contributed by atoms with Gasteiger partial charge >= 0.3 is 0 Å². The minimum absolute atomic E-state index is 0.0391. The molecule has 0 aliphatic rings. The van der Waals surface area contributed by atoms with Crippen LogP contribution in [0.1, 0.15) is 50.5 Å². The third-order valence-electron chi connectivity index (χ3n) is 6.17. The van der Waals surface area contributed by atoms with E-state index >= 15 is 0 Å². The fourth-order valence-corrected chi connectivity index (χ4v) is 4.47. The molecule has 4 aromatic rings. The van der Waals surface area contributed by atoms with Crippen molar-refractivity contribution in [3.63, 3.8) is 0 Å². The van der Waals surface area contributed by atoms with Crippen LogP contribution in [0.25, 0.3) is 16.6 Å². The van der Waals surface area contributed by atoms with Crippen molar-refractivity contribution in [1.29, 1.82) is 0 Å². The number of aromatic nitrogens is 2. The van der Waals surface area contributed by atoms with Gasteiger partial charge in [0.15, 0.2) is 0 Å². The van der Waals surface area contributed by atoms with Gasteiger partial charge in [0, 0.05) is 13.0 Å². The molecule has 1 heterocycles. The number of nitrogens with zero attached hydrogens (tertiary/aromatic N) is 3. The fourth-order valence-electron chi connectivity index (χ4n) is 4.47. The third kappa shape index (κ3) is 4.97. The van der Waals surface area contributed by atoms with Crippen molar-refractivity contribution in [3.8, 4) is 11.4 Å². The summed E-state index contributed by atoms with van der Waals surface area (Å²) in [5.41, 5.74) is 2.06. The summed E-state index contributed by atoms with van der Waals surface area (Å²) < 4.78 is 7.23. The van der Waals surface area contributed by atoms with E-state index in [9.17, 15) is 9.59 Å². The second-order valence-electron chi connectivity index (χ2n) is 8.48. The lowest BCUT2D eigenvalue weighted by Crippen LogP contribution is -2.38. The van der Waals surface area contributed by atoms with Crippen molar-refractivity contribution >= 4 is 16.8 Å². The zero-order valence-electron chi connectivity index (χ0n) is 20.5. The molecule has 0 radical (unpaired) electrons. The zero-order valence-corrected chi connectivity index (χ0v) is 20.5. The molecular formula is C29H31N3O3. The second kappa shape index (κ2) is 11.0. The molecule has 6 heteroatoms. The maximum atomic E-state index is 13.9. The first-order valence-electron chi connectivity index (χ1n) is 12.1. The van der Waals surface area contributed by atoms with Crippen molar-refractivity contribution < 1.29 is 9.53 Å². The molecule has 1 amide bonds. The van der Waals surface area contributed by atoms with Gasteiger partial charge in [-0.05, 0) is 42.7 Å². The number of ether oxygens (including phenoxy) is 1. The quantitative estimate of drug-likeness (QED) is 0.317. The molecule has 0 saturated heterocycles. The van der Waals surface area contributed by atoms with E-state index in [0.717, 1.165) is 12.0 Å². The number of methoxy groups -OCH3 is 1. The van der Waals surface area contributed by atoms with Crippen molar-refractivity contribution in [3.05, 3.63) is 101 Å². The average molecular weight is 470 g/mol. The van der Waals surface area contributed by atoms with E-state index in [4.69, 9.17) is 9.72 Å². The minimum Gasteiger partial charge on any atom is -0.495 e. The van der Waals surface area contributed by atoms with Crippen LogP contribution < -0.4 is 10.3 Å². The summed E-state index contributed by atoms with van der Waals surface area (Å²) in [5, 5.41) is 0.520. The summed E-state index contributed by atoms with van der Waals surface area (Å²) in [5.74, 6) is 1.13. The summed E-state index contributed by atoms with van der Waals surface area (Å²) in [6, 6.07) is 24.3. The van der Waals surface area contributed by atoms with Gasteiger partial charge in [0.05, 0.1) is 29.7 Å². The molecule has 0 spiro atoms. The van der Waals surface area contributed by atoms with Crippen molar-refractivity contribution in [1.82, 2.24) is 14.5 Å². The Morgan fingerprint density at radius 3 is 2.37 bits per heavy atom. The van der Waals surface area contributed by atoms with E-state index in [-0.39, 0.29) is 11.5 Å². The van der Waals surface area contributed by atoms with Crippen LogP contribution in [-0.2, 0) is 11.3 Å². The van der Waals surface area contributed by atoms with Crippen molar-refractivity contribution in [2.75, 3.05) is 7.11 Å². The van der Waals surface area contributed by atoms with Gasteiger partial charge in [-0.2, -0.15) is 0 Å². The molecule has 1 atom stereocenters. The summed E-state index contributed by atoms with van der Waals surface area (Å²) in [4.78, 5) is 34.1. The van der Waals surface area contributed by atoms with Crippen LogP contribution in [0, 0.1) is 0 Å². The number of hydrogen-bond acceptors (Lipinski definition) is 4. The Bertz CT molecular complexity index is 1360. The Kier molecular flexibility index (Phi) is 7.60. The Morgan fingerprint density at radius 1 is 0.971 bits per heavy atom. The maximum Gasteiger partial charge on any atom is 0.266 e. The smallest absolute Gasteiger partial charge is 0.266 e. The average Bonchev–Trinajstić information content (AvgIpc) is 2.89. The number of para-hydroxylation sites is 3. The number of carbonyl (C=O) groups is 1. The third-order valence-corrected chi connectivity index (χ3v) is 6.17. The highest BCUT2D eigenvalue weighted by atomic mass is 16.5. The number of carbonyl (C=O) groups excluding carboxylic acids is 1. The predicted octanol–water partition coefficient (Wildman–Crippen LogP) is 5.67. The van der Waals surface area contributed by atoms with E-state index in [1.54, 1.807) is 17.7 Å². The largest absolute Gasteiger partial charge is 0.495 e. The molecule has 0 N–H and O–H groups in total. The topological polar surface area (TPSA) is 64.4 Å². The standard InChI is InChI=1S/C29H31N3O3/c1-4-13-27(33)31(20-21-14-7-6-8-15-21)24(5-2)28-30-23-17-10-9-16-22(23)29(34)32(28)25-18-11-12-19-26(25)35-3/h6-12,14-19,24H,4-5,13,20H2,1-3H3. The highest BCUT2D eigenvalue weighted by Crippen LogP contribution is 2.31. The SMILES string of the molecule is CCCC(=O)N(Cc1ccccc1)C(CC)c1nc2ccccc2c(=O)n1-c1ccccc1OC. The summed E-state index contributed by atoms with van der Waals surface area (Å²) in [6.45, 7) is 4.46. The van der Waals surface area contributed by atoms with E-state index < -0.39 is 6.04 Å². The van der Waals surface area contributed by atoms with E-state index in [2.05, 4.69) is 0 Å². The number of benzene rings is 3. The number of fused-ring (bicyclic) bond motifs is 1. The highest BCUT2D eigenvalue weighted by Gasteiger charge is 2.29. The number of hydrogen-bond donors (Lipinski definition) is 0. The lowest BCUT2D eigenvalue weighted by atomic mass is 10.1. The van der Waals surface area contributed by atoms with E-state index in [0.29, 0.717) is 47.6 Å². The number of rotatable bonds is 9. The van der Waals surface area contributed by atoms with Crippen LogP contribution in [0.3, 0.4) is 0 Å². The maximum absolute atomic E-state index is 13.9. The van der Waals surface area contributed by atoms with Crippen LogP contribution in [-0.4, -0.2) is 27.5 Å². The summed E-state index contributed by atoms with van der Waals surface area (Å²) >= 11 is 0. The Hall–Kier alpha value is -3.93. The summed E-state index contributed by atoms with van der Waals surface area (Å²) in [6.07, 6.45) is 1.77. The molecule has 1 unspecified atom stereocenters. The Morgan fingerprint density at radius 2 is 1.66 bits per heavy atom. The number of amides is 1. The monoisotopic (exact) mass is 469 g/mol. The molecule has 6 nitrogen and oxygen atoms in total. The van der Waals surface area contributed by atoms with Gasteiger partial charge in [-0.3, -0.25) is 14.2 Å². The molecule has 4 rings (SSSR count). The van der Waals surface area contributed by atoms with Crippen LogP contribution in [0.4, 0.5) is 0 Å². The first-order chi connectivity index (χ1) is 17.1. The zero-order chi connectivity index (χ0) is 24.8. The molecule has 0 bridgehead atoms. The summed E-state index contributed by atoms with van der Waals surface area (Å²) in [7, 11) is 1.59. The van der Waals surface area contributed by atoms with Gasteiger partial charge < -0.3 is 9.64 Å². The minimum atomic E-state index is -0.406.